The van der Waals surface area contributed by atoms with Crippen LogP contribution in [0, 0.1) is 17.2 Å². The highest BCUT2D eigenvalue weighted by atomic mass is 16.5. The fourth-order valence-corrected chi connectivity index (χ4v) is 3.85. The van der Waals surface area contributed by atoms with E-state index in [-0.39, 0.29) is 18.9 Å². The van der Waals surface area contributed by atoms with E-state index in [1.165, 1.54) is 0 Å². The molecule has 7 heteroatoms. The van der Waals surface area contributed by atoms with E-state index in [1.54, 1.807) is 32.3 Å². The predicted molar refractivity (Wildman–Crippen MR) is 126 cm³/mol. The molecule has 1 amide bonds. The summed E-state index contributed by atoms with van der Waals surface area (Å²) in [6, 6.07) is 15.4. The Morgan fingerprint density at radius 3 is 2.67 bits per heavy atom. The number of ether oxygens (including phenoxy) is 1. The smallest absolute Gasteiger partial charge is 0.315 e. The number of hydrogen-bond acceptors (Lipinski definition) is 6. The maximum Gasteiger partial charge on any atom is 0.315 e. The quantitative estimate of drug-likeness (QED) is 0.494. The summed E-state index contributed by atoms with van der Waals surface area (Å²) in [5, 5.41) is 11.7. The summed E-state index contributed by atoms with van der Waals surface area (Å²) in [4.78, 5) is 34.9. The van der Waals surface area contributed by atoms with Gasteiger partial charge in [-0.1, -0.05) is 48.6 Å². The van der Waals surface area contributed by atoms with Crippen LogP contribution in [0.25, 0.3) is 6.08 Å². The number of amides is 1. The molecule has 0 saturated carbocycles. The summed E-state index contributed by atoms with van der Waals surface area (Å²) in [5.41, 5.74) is 3.27. The van der Waals surface area contributed by atoms with Gasteiger partial charge in [-0.05, 0) is 31.0 Å². The van der Waals surface area contributed by atoms with Crippen molar-refractivity contribution in [1.82, 2.24) is 10.3 Å². The predicted octanol–water partition coefficient (Wildman–Crippen LogP) is 3.82. The van der Waals surface area contributed by atoms with Gasteiger partial charge in [0.1, 0.15) is 12.5 Å². The van der Waals surface area contributed by atoms with Crippen molar-refractivity contribution in [3.05, 3.63) is 83.3 Å². The number of nitriles is 1. The Balaban J connectivity index is 1.85. The minimum Gasteiger partial charge on any atom is -0.464 e. The van der Waals surface area contributed by atoms with Gasteiger partial charge in [0.2, 0.25) is 5.91 Å². The van der Waals surface area contributed by atoms with E-state index < -0.39 is 17.8 Å². The number of aliphatic imine (C=N–C) groups is 1. The lowest BCUT2D eigenvalue weighted by molar-refractivity contribution is -0.146. The molecule has 33 heavy (non-hydrogen) atoms. The lowest BCUT2D eigenvalue weighted by Gasteiger charge is -2.31. The summed E-state index contributed by atoms with van der Waals surface area (Å²) < 4.78 is 5.33. The first-order chi connectivity index (χ1) is 16.0. The summed E-state index contributed by atoms with van der Waals surface area (Å²) >= 11 is 0. The van der Waals surface area contributed by atoms with Gasteiger partial charge in [0.05, 0.1) is 12.5 Å². The molecular weight excluding hydrogens is 416 g/mol. The first-order valence-electron chi connectivity index (χ1n) is 10.7. The number of nitrogens with zero attached hydrogens (tertiary/aromatic N) is 3. The summed E-state index contributed by atoms with van der Waals surface area (Å²) in [6.07, 6.45) is 7.18. The van der Waals surface area contributed by atoms with Crippen molar-refractivity contribution in [2.45, 2.75) is 26.2 Å². The number of carbonyl (C=O) groups excluding carboxylic acids is 2. The molecule has 0 fully saturated rings. The highest BCUT2D eigenvalue weighted by molar-refractivity contribution is 6.07. The van der Waals surface area contributed by atoms with E-state index in [4.69, 9.17) is 10.00 Å². The number of carbonyl (C=O) groups is 2. The van der Waals surface area contributed by atoms with Crippen LogP contribution in [0.4, 0.5) is 0 Å². The van der Waals surface area contributed by atoms with Gasteiger partial charge in [0.15, 0.2) is 0 Å². The van der Waals surface area contributed by atoms with Gasteiger partial charge in [0.25, 0.3) is 0 Å². The Kier molecular flexibility index (Phi) is 8.25. The average Bonchev–Trinajstić information content (AvgIpc) is 2.82. The molecule has 1 aliphatic rings. The Hall–Kier alpha value is -4.05. The first kappa shape index (κ1) is 23.6. The lowest BCUT2D eigenvalue weighted by Crippen LogP contribution is -2.39. The minimum absolute atomic E-state index is 0.00657. The van der Waals surface area contributed by atoms with Crippen LogP contribution in [0.15, 0.2) is 77.2 Å². The molecular formula is C26H26N4O3. The first-order valence-corrected chi connectivity index (χ1v) is 10.7. The Morgan fingerprint density at radius 2 is 1.97 bits per heavy atom. The molecule has 2 heterocycles. The number of nitrogens with one attached hydrogen (secondary N) is 1. The average molecular weight is 443 g/mol. The second-order valence-corrected chi connectivity index (χ2v) is 7.59. The van der Waals surface area contributed by atoms with Gasteiger partial charge in [-0.15, -0.1) is 0 Å². The second kappa shape index (κ2) is 11.5. The van der Waals surface area contributed by atoms with Crippen molar-refractivity contribution < 1.29 is 14.3 Å². The van der Waals surface area contributed by atoms with Gasteiger partial charge in [-0.3, -0.25) is 19.6 Å². The van der Waals surface area contributed by atoms with E-state index in [0.29, 0.717) is 23.5 Å². The van der Waals surface area contributed by atoms with E-state index in [0.717, 1.165) is 11.1 Å². The molecule has 2 unspecified atom stereocenters. The molecule has 7 nitrogen and oxygen atoms in total. The molecule has 0 spiro atoms. The Morgan fingerprint density at radius 1 is 1.18 bits per heavy atom. The monoisotopic (exact) mass is 442 g/mol. The maximum absolute atomic E-state index is 13.3. The molecule has 1 aromatic carbocycles. The third-order valence-electron chi connectivity index (χ3n) is 5.32. The van der Waals surface area contributed by atoms with E-state index >= 15 is 0 Å². The maximum atomic E-state index is 13.3. The zero-order chi connectivity index (χ0) is 23.6. The fraction of sp³-hybridized carbons (Fsp3) is 0.269. The SMILES string of the molecule is CC1=NC(C)=C(C(=O)NCC=Cc2ccccc2)C(c2cccnc2)C1C(=O)OCCC#N. The van der Waals surface area contributed by atoms with Crippen LogP contribution in [-0.4, -0.2) is 35.7 Å². The molecule has 0 saturated heterocycles. The van der Waals surface area contributed by atoms with Crippen molar-refractivity contribution in [2.75, 3.05) is 13.2 Å². The minimum atomic E-state index is -0.780. The van der Waals surface area contributed by atoms with E-state index in [1.807, 2.05) is 54.6 Å². The van der Waals surface area contributed by atoms with Crippen LogP contribution < -0.4 is 5.32 Å². The van der Waals surface area contributed by atoms with Crippen LogP contribution >= 0.6 is 0 Å². The molecule has 1 aliphatic heterocycles. The highest BCUT2D eigenvalue weighted by Crippen LogP contribution is 2.39. The highest BCUT2D eigenvalue weighted by Gasteiger charge is 2.41. The van der Waals surface area contributed by atoms with Crippen LogP contribution in [0.2, 0.25) is 0 Å². The molecule has 168 valence electrons. The number of esters is 1. The summed E-state index contributed by atoms with van der Waals surface area (Å²) in [7, 11) is 0. The zero-order valence-corrected chi connectivity index (χ0v) is 18.7. The van der Waals surface area contributed by atoms with Gasteiger partial charge in [0, 0.05) is 41.8 Å². The number of benzene rings is 1. The van der Waals surface area contributed by atoms with Crippen molar-refractivity contribution in [1.29, 1.82) is 5.26 Å². The van der Waals surface area contributed by atoms with Gasteiger partial charge in [-0.25, -0.2) is 0 Å². The summed E-state index contributed by atoms with van der Waals surface area (Å²) in [5.74, 6) is -2.19. The summed E-state index contributed by atoms with van der Waals surface area (Å²) in [6.45, 7) is 3.83. The largest absolute Gasteiger partial charge is 0.464 e. The molecule has 0 bridgehead atoms. The third-order valence-corrected chi connectivity index (χ3v) is 5.32. The number of hydrogen-bond donors (Lipinski definition) is 1. The van der Waals surface area contributed by atoms with Gasteiger partial charge < -0.3 is 10.1 Å². The Bertz CT molecular complexity index is 1120. The van der Waals surface area contributed by atoms with Crippen molar-refractivity contribution in [3.63, 3.8) is 0 Å². The number of aromatic nitrogens is 1. The fourth-order valence-electron chi connectivity index (χ4n) is 3.85. The molecule has 2 atom stereocenters. The molecule has 1 N–H and O–H groups in total. The van der Waals surface area contributed by atoms with E-state index in [2.05, 4.69) is 15.3 Å². The van der Waals surface area contributed by atoms with Crippen LogP contribution in [0.5, 0.6) is 0 Å². The molecule has 0 aliphatic carbocycles. The van der Waals surface area contributed by atoms with Crippen LogP contribution in [0.3, 0.4) is 0 Å². The van der Waals surface area contributed by atoms with Crippen molar-refractivity contribution in [2.24, 2.45) is 10.9 Å². The standard InChI is InChI=1S/C26H26N4O3/c1-18-22(25(31)29-15-6-11-20-9-4-3-5-10-20)24(21-12-7-14-28-17-21)23(19(2)30-18)26(32)33-16-8-13-27/h3-7,9-12,14,17,23-24H,8,15-16H2,1-2H3,(H,29,31). The topological polar surface area (TPSA) is 104 Å². The molecule has 3 rings (SSSR count). The normalized spacial score (nSPS) is 17.9. The van der Waals surface area contributed by atoms with Gasteiger partial charge >= 0.3 is 5.97 Å². The number of rotatable bonds is 8. The molecule has 1 aromatic heterocycles. The van der Waals surface area contributed by atoms with Gasteiger partial charge in [-0.2, -0.15) is 5.26 Å². The Labute approximate surface area is 193 Å². The lowest BCUT2D eigenvalue weighted by atomic mass is 9.76. The van der Waals surface area contributed by atoms with Crippen molar-refractivity contribution >= 4 is 23.7 Å². The number of pyridine rings is 1. The molecule has 0 radical (unpaired) electrons. The zero-order valence-electron chi connectivity index (χ0n) is 18.7. The third kappa shape index (κ3) is 6.01. The second-order valence-electron chi connectivity index (χ2n) is 7.59. The molecule has 2 aromatic rings. The number of allylic oxidation sites excluding steroid dienone is 1. The van der Waals surface area contributed by atoms with Crippen LogP contribution in [-0.2, 0) is 14.3 Å². The van der Waals surface area contributed by atoms with Crippen LogP contribution in [0.1, 0.15) is 37.3 Å². The van der Waals surface area contributed by atoms with E-state index in [9.17, 15) is 9.59 Å². The van der Waals surface area contributed by atoms with Crippen molar-refractivity contribution in [3.8, 4) is 6.07 Å².